The maximum Gasteiger partial charge on any atom is 0.224 e. The fourth-order valence-electron chi connectivity index (χ4n) is 4.01. The van der Waals surface area contributed by atoms with Gasteiger partial charge >= 0.3 is 0 Å². The zero-order valence-electron chi connectivity index (χ0n) is 18.0. The van der Waals surface area contributed by atoms with Crippen LogP contribution in [-0.4, -0.2) is 52.4 Å². The summed E-state index contributed by atoms with van der Waals surface area (Å²) in [7, 11) is 1.67. The Morgan fingerprint density at radius 3 is 2.74 bits per heavy atom. The minimum absolute atomic E-state index is 0.0520. The van der Waals surface area contributed by atoms with Gasteiger partial charge < -0.3 is 15.0 Å². The molecule has 1 fully saturated rings. The molecule has 1 aliphatic rings. The molecule has 8 heteroatoms. The number of benzene rings is 1. The summed E-state index contributed by atoms with van der Waals surface area (Å²) in [6, 6.07) is 11.8. The molecule has 1 aromatic carbocycles. The number of hydrogen-bond donors (Lipinski definition) is 1. The number of methoxy groups -OCH3 is 1. The lowest BCUT2D eigenvalue weighted by molar-refractivity contribution is -0.125. The number of para-hydroxylation sites is 1. The number of piperidine rings is 1. The van der Waals surface area contributed by atoms with Gasteiger partial charge in [0.15, 0.2) is 11.6 Å². The van der Waals surface area contributed by atoms with E-state index in [1.165, 1.54) is 0 Å². The van der Waals surface area contributed by atoms with Crippen molar-refractivity contribution in [2.75, 3.05) is 31.6 Å². The van der Waals surface area contributed by atoms with Gasteiger partial charge in [-0.05, 0) is 49.9 Å². The molecular weight excluding hydrogens is 392 g/mol. The van der Waals surface area contributed by atoms with Crippen molar-refractivity contribution in [1.82, 2.24) is 25.1 Å². The number of carbonyl (C=O) groups excluding carboxylic acids is 1. The van der Waals surface area contributed by atoms with Gasteiger partial charge in [0.1, 0.15) is 11.6 Å². The molecule has 3 heterocycles. The number of aryl methyl sites for hydroxylation is 1. The predicted octanol–water partition coefficient (Wildman–Crippen LogP) is 2.55. The first-order valence-corrected chi connectivity index (χ1v) is 10.6. The number of anilines is 1. The van der Waals surface area contributed by atoms with E-state index in [9.17, 15) is 4.79 Å². The van der Waals surface area contributed by atoms with E-state index < -0.39 is 0 Å². The van der Waals surface area contributed by atoms with Crippen LogP contribution in [0.3, 0.4) is 0 Å². The van der Waals surface area contributed by atoms with Crippen molar-refractivity contribution in [3.63, 3.8) is 0 Å². The Hall–Kier alpha value is -3.42. The van der Waals surface area contributed by atoms with Crippen LogP contribution in [0.25, 0.3) is 5.82 Å². The van der Waals surface area contributed by atoms with Crippen molar-refractivity contribution in [3.8, 4) is 11.6 Å². The number of carbonyl (C=O) groups is 1. The third kappa shape index (κ3) is 4.84. The second-order valence-electron chi connectivity index (χ2n) is 7.73. The third-order valence-corrected chi connectivity index (χ3v) is 5.71. The average molecular weight is 421 g/mol. The summed E-state index contributed by atoms with van der Waals surface area (Å²) < 4.78 is 7.28. The molecule has 8 nitrogen and oxygen atoms in total. The third-order valence-electron chi connectivity index (χ3n) is 5.71. The molecule has 0 bridgehead atoms. The number of ether oxygens (including phenoxy) is 1. The van der Waals surface area contributed by atoms with E-state index in [2.05, 4.69) is 25.4 Å². The molecule has 0 saturated carbocycles. The van der Waals surface area contributed by atoms with Gasteiger partial charge in [-0.2, -0.15) is 0 Å². The number of amides is 1. The number of hydrogen-bond acceptors (Lipinski definition) is 6. The molecule has 0 radical (unpaired) electrons. The van der Waals surface area contributed by atoms with Crippen LogP contribution in [0.2, 0.25) is 0 Å². The topological polar surface area (TPSA) is 85.2 Å². The molecule has 1 N–H and O–H groups in total. The van der Waals surface area contributed by atoms with Crippen LogP contribution >= 0.6 is 0 Å². The van der Waals surface area contributed by atoms with Crippen molar-refractivity contribution in [2.45, 2.75) is 26.2 Å². The largest absolute Gasteiger partial charge is 0.496 e. The Bertz CT molecular complexity index is 1020. The van der Waals surface area contributed by atoms with Crippen LogP contribution in [0.5, 0.6) is 5.75 Å². The van der Waals surface area contributed by atoms with Crippen LogP contribution in [0.4, 0.5) is 5.82 Å². The van der Waals surface area contributed by atoms with Crippen molar-refractivity contribution >= 4 is 11.7 Å². The summed E-state index contributed by atoms with van der Waals surface area (Å²) in [5.41, 5.74) is 1.10. The fourth-order valence-corrected chi connectivity index (χ4v) is 4.01. The molecule has 162 valence electrons. The number of nitrogens with one attached hydrogen (secondary N) is 1. The second kappa shape index (κ2) is 9.59. The highest BCUT2D eigenvalue weighted by Gasteiger charge is 2.26. The van der Waals surface area contributed by atoms with Crippen LogP contribution in [0.15, 0.2) is 48.8 Å². The standard InChI is InChI=1S/C23H28N6O2/c1-17-24-13-15-29(17)22-10-9-21(26-27-22)28-14-5-7-19(16-28)23(30)25-12-11-18-6-3-4-8-20(18)31-2/h3-4,6,8-10,13,15,19H,5,7,11-12,14,16H2,1-2H3,(H,25,30). The van der Waals surface area contributed by atoms with Crippen LogP contribution in [-0.2, 0) is 11.2 Å². The number of nitrogens with zero attached hydrogens (tertiary/aromatic N) is 5. The Morgan fingerprint density at radius 1 is 1.19 bits per heavy atom. The van der Waals surface area contributed by atoms with Gasteiger partial charge in [0.25, 0.3) is 0 Å². The molecule has 4 rings (SSSR count). The summed E-state index contributed by atoms with van der Waals surface area (Å²) in [6.45, 7) is 4.05. The number of imidazole rings is 1. The van der Waals surface area contributed by atoms with E-state index in [1.807, 2.05) is 54.1 Å². The second-order valence-corrected chi connectivity index (χ2v) is 7.73. The van der Waals surface area contributed by atoms with E-state index in [-0.39, 0.29) is 11.8 Å². The summed E-state index contributed by atoms with van der Waals surface area (Å²) in [5, 5.41) is 11.8. The van der Waals surface area contributed by atoms with E-state index in [1.54, 1.807) is 13.3 Å². The first kappa shape index (κ1) is 20.8. The maximum atomic E-state index is 12.8. The lowest BCUT2D eigenvalue weighted by Gasteiger charge is -2.32. The van der Waals surface area contributed by atoms with Crippen molar-refractivity contribution in [1.29, 1.82) is 0 Å². The van der Waals surface area contributed by atoms with E-state index in [0.717, 1.165) is 54.6 Å². The first-order chi connectivity index (χ1) is 15.2. The lowest BCUT2D eigenvalue weighted by Crippen LogP contribution is -2.43. The van der Waals surface area contributed by atoms with Crippen LogP contribution in [0, 0.1) is 12.8 Å². The SMILES string of the molecule is COc1ccccc1CCNC(=O)C1CCCN(c2ccc(-n3ccnc3C)nn2)C1. The molecule has 3 aromatic rings. The first-order valence-electron chi connectivity index (χ1n) is 10.6. The van der Waals surface area contributed by atoms with E-state index >= 15 is 0 Å². The average Bonchev–Trinajstić information content (AvgIpc) is 3.25. The van der Waals surface area contributed by atoms with Gasteiger partial charge in [-0.15, -0.1) is 10.2 Å². The summed E-state index contributed by atoms with van der Waals surface area (Å²) >= 11 is 0. The minimum Gasteiger partial charge on any atom is -0.496 e. The van der Waals surface area contributed by atoms with Gasteiger partial charge in [-0.1, -0.05) is 18.2 Å². The molecule has 2 aromatic heterocycles. The lowest BCUT2D eigenvalue weighted by atomic mass is 9.97. The molecule has 1 aliphatic heterocycles. The molecular formula is C23H28N6O2. The van der Waals surface area contributed by atoms with Gasteiger partial charge in [-0.25, -0.2) is 4.98 Å². The maximum absolute atomic E-state index is 12.8. The van der Waals surface area contributed by atoms with Crippen LogP contribution < -0.4 is 15.0 Å². The highest BCUT2D eigenvalue weighted by molar-refractivity contribution is 5.79. The van der Waals surface area contributed by atoms with E-state index in [4.69, 9.17) is 4.74 Å². The summed E-state index contributed by atoms with van der Waals surface area (Å²) in [6.07, 6.45) is 6.19. The Balaban J connectivity index is 1.32. The van der Waals surface area contributed by atoms with Crippen molar-refractivity contribution in [3.05, 3.63) is 60.2 Å². The Morgan fingerprint density at radius 2 is 2.00 bits per heavy atom. The summed E-state index contributed by atoms with van der Waals surface area (Å²) in [4.78, 5) is 19.1. The molecule has 31 heavy (non-hydrogen) atoms. The van der Waals surface area contributed by atoms with Crippen molar-refractivity contribution < 1.29 is 9.53 Å². The van der Waals surface area contributed by atoms with E-state index in [0.29, 0.717) is 13.1 Å². The molecule has 1 amide bonds. The predicted molar refractivity (Wildman–Crippen MR) is 119 cm³/mol. The minimum atomic E-state index is -0.0520. The van der Waals surface area contributed by atoms with Gasteiger partial charge in [-0.3, -0.25) is 9.36 Å². The van der Waals surface area contributed by atoms with Crippen LogP contribution in [0.1, 0.15) is 24.2 Å². The zero-order chi connectivity index (χ0) is 21.6. The van der Waals surface area contributed by atoms with Gasteiger partial charge in [0, 0.05) is 32.0 Å². The monoisotopic (exact) mass is 420 g/mol. The molecule has 1 saturated heterocycles. The quantitative estimate of drug-likeness (QED) is 0.632. The smallest absolute Gasteiger partial charge is 0.224 e. The Labute approximate surface area is 182 Å². The van der Waals surface area contributed by atoms with Gasteiger partial charge in [0.2, 0.25) is 5.91 Å². The normalized spacial score (nSPS) is 16.2. The highest BCUT2D eigenvalue weighted by Crippen LogP contribution is 2.22. The van der Waals surface area contributed by atoms with Gasteiger partial charge in [0.05, 0.1) is 13.0 Å². The Kier molecular flexibility index (Phi) is 6.45. The molecule has 1 unspecified atom stereocenters. The highest BCUT2D eigenvalue weighted by atomic mass is 16.5. The number of rotatable bonds is 7. The molecule has 0 aliphatic carbocycles. The summed E-state index contributed by atoms with van der Waals surface area (Å²) in [5.74, 6) is 3.30. The fraction of sp³-hybridized carbons (Fsp3) is 0.391. The van der Waals surface area contributed by atoms with Crippen molar-refractivity contribution in [2.24, 2.45) is 5.92 Å². The number of aromatic nitrogens is 4. The zero-order valence-corrected chi connectivity index (χ0v) is 18.0. The molecule has 0 spiro atoms. The molecule has 1 atom stereocenters.